The maximum Gasteiger partial charge on any atom is 0.305 e. The van der Waals surface area contributed by atoms with Gasteiger partial charge in [0, 0.05) is 12.8 Å². The van der Waals surface area contributed by atoms with Crippen molar-refractivity contribution in [1.29, 1.82) is 0 Å². The summed E-state index contributed by atoms with van der Waals surface area (Å²) in [5.74, 6) is -0.0315. The molecule has 6 nitrogen and oxygen atoms in total. The fourth-order valence-electron chi connectivity index (χ4n) is 10.6. The molecule has 0 rings (SSSR count). The van der Waals surface area contributed by atoms with Crippen LogP contribution in [0, 0.1) is 0 Å². The van der Waals surface area contributed by atoms with Crippen LogP contribution in [0.1, 0.15) is 373 Å². The van der Waals surface area contributed by atoms with Gasteiger partial charge in [0.1, 0.15) is 0 Å². The second-order valence-electron chi connectivity index (χ2n) is 23.2. The Morgan fingerprint density at radius 1 is 0.378 bits per heavy atom. The van der Waals surface area contributed by atoms with Crippen LogP contribution in [0.3, 0.4) is 0 Å². The van der Waals surface area contributed by atoms with Crippen molar-refractivity contribution in [1.82, 2.24) is 5.32 Å². The molecule has 6 heteroatoms. The number of carbonyl (C=O) groups excluding carboxylic acids is 2. The Morgan fingerprint density at radius 3 is 1.05 bits per heavy atom. The number of ether oxygens (including phenoxy) is 1. The van der Waals surface area contributed by atoms with E-state index in [9.17, 15) is 19.8 Å². The summed E-state index contributed by atoms with van der Waals surface area (Å²) in [6.07, 6.45) is 79.2. The summed E-state index contributed by atoms with van der Waals surface area (Å²) in [7, 11) is 0. The van der Waals surface area contributed by atoms with Gasteiger partial charge in [0.2, 0.25) is 5.91 Å². The topological polar surface area (TPSA) is 95.9 Å². The molecule has 0 aromatic rings. The predicted molar refractivity (Wildman–Crippen MR) is 324 cm³/mol. The van der Waals surface area contributed by atoms with Crippen molar-refractivity contribution in [2.24, 2.45) is 0 Å². The molecule has 0 spiro atoms. The highest BCUT2D eigenvalue weighted by Gasteiger charge is 2.20. The number of amides is 1. The van der Waals surface area contributed by atoms with Gasteiger partial charge in [0.15, 0.2) is 0 Å². The van der Waals surface area contributed by atoms with Gasteiger partial charge in [-0.2, -0.15) is 0 Å². The lowest BCUT2D eigenvalue weighted by atomic mass is 10.0. The molecule has 0 radical (unpaired) electrons. The highest BCUT2D eigenvalue weighted by Crippen LogP contribution is 2.19. The first-order chi connectivity index (χ1) is 36.5. The maximum absolute atomic E-state index is 12.5. The molecule has 74 heavy (non-hydrogen) atoms. The first kappa shape index (κ1) is 72.3. The molecule has 0 aliphatic rings. The molecule has 0 bridgehead atoms. The zero-order chi connectivity index (χ0) is 53.6. The van der Waals surface area contributed by atoms with Crippen LogP contribution in [0.15, 0.2) is 24.3 Å². The van der Waals surface area contributed by atoms with Gasteiger partial charge in [0.25, 0.3) is 0 Å². The first-order valence-electron chi connectivity index (χ1n) is 33.6. The van der Waals surface area contributed by atoms with Crippen molar-refractivity contribution < 1.29 is 24.5 Å². The number of allylic oxidation sites excluding steroid dienone is 4. The summed E-state index contributed by atoms with van der Waals surface area (Å²) in [5, 5.41) is 23.4. The van der Waals surface area contributed by atoms with Crippen molar-refractivity contribution in [2.45, 2.75) is 386 Å². The largest absolute Gasteiger partial charge is 0.466 e. The average molecular weight is 1040 g/mol. The Bertz CT molecular complexity index is 1150. The zero-order valence-electron chi connectivity index (χ0n) is 50.1. The van der Waals surface area contributed by atoms with Gasteiger partial charge in [-0.25, -0.2) is 0 Å². The number of esters is 1. The van der Waals surface area contributed by atoms with Crippen molar-refractivity contribution >= 4 is 11.9 Å². The minimum absolute atomic E-state index is 0.0000416. The standard InChI is InChI=1S/C68H131NO5/c1-3-5-7-9-11-13-15-17-19-20-21-26-29-33-36-40-44-48-52-56-60-66(71)65(64-70)69-67(72)61-57-53-49-45-41-37-34-30-27-24-22-23-25-28-31-35-39-43-47-51-55-59-63-74-68(73)62-58-54-50-46-42-38-32-18-16-14-12-10-8-6-4-2/h12,14,18,32,65-66,70-71H,3-11,13,15-17,19-31,33-64H2,1-2H3,(H,69,72)/b14-12-,32-18-. The smallest absolute Gasteiger partial charge is 0.305 e. The van der Waals surface area contributed by atoms with Crippen LogP contribution in [-0.4, -0.2) is 47.4 Å². The molecule has 0 aromatic carbocycles. The van der Waals surface area contributed by atoms with E-state index in [-0.39, 0.29) is 18.5 Å². The molecule has 3 N–H and O–H groups in total. The van der Waals surface area contributed by atoms with Crippen LogP contribution >= 0.6 is 0 Å². The summed E-state index contributed by atoms with van der Waals surface area (Å²) in [6.45, 7) is 4.95. The quantitative estimate of drug-likeness (QED) is 0.0320. The highest BCUT2D eigenvalue weighted by atomic mass is 16.5. The lowest BCUT2D eigenvalue weighted by Gasteiger charge is -2.22. The number of rotatable bonds is 63. The van der Waals surface area contributed by atoms with E-state index in [1.807, 2.05) is 0 Å². The Kier molecular flexibility index (Phi) is 62.4. The normalized spacial score (nSPS) is 12.6. The zero-order valence-corrected chi connectivity index (χ0v) is 50.1. The number of aliphatic hydroxyl groups is 2. The molecule has 0 fully saturated rings. The Labute approximate surface area is 462 Å². The molecule has 0 saturated heterocycles. The highest BCUT2D eigenvalue weighted by molar-refractivity contribution is 5.76. The molecule has 2 atom stereocenters. The molecule has 0 aliphatic heterocycles. The van der Waals surface area contributed by atoms with Gasteiger partial charge in [-0.3, -0.25) is 9.59 Å². The van der Waals surface area contributed by atoms with Crippen LogP contribution in [-0.2, 0) is 14.3 Å². The third kappa shape index (κ3) is 59.6. The lowest BCUT2D eigenvalue weighted by molar-refractivity contribution is -0.143. The lowest BCUT2D eigenvalue weighted by Crippen LogP contribution is -2.45. The number of unbranched alkanes of at least 4 members (excludes halogenated alkanes) is 48. The molecular formula is C68H131NO5. The predicted octanol–water partition coefficient (Wildman–Crippen LogP) is 21.4. The number of carbonyl (C=O) groups is 2. The van der Waals surface area contributed by atoms with Crippen LogP contribution < -0.4 is 5.32 Å². The summed E-state index contributed by atoms with van der Waals surface area (Å²) in [5.41, 5.74) is 0. The SMILES string of the molecule is CCCCC/C=C\C/C=C\CCCCCCCC(=O)OCCCCCCCCCCCCCCCCCCCCCCCCC(=O)NC(CO)C(O)CCCCCCCCCCCCCCCCCCCCCC. The molecule has 2 unspecified atom stereocenters. The molecule has 0 aromatic heterocycles. The van der Waals surface area contributed by atoms with Gasteiger partial charge in [0.05, 0.1) is 25.4 Å². The first-order valence-corrected chi connectivity index (χ1v) is 33.6. The van der Waals surface area contributed by atoms with E-state index in [0.717, 1.165) is 51.4 Å². The van der Waals surface area contributed by atoms with Gasteiger partial charge < -0.3 is 20.3 Å². The Hall–Kier alpha value is -1.66. The monoisotopic (exact) mass is 1040 g/mol. The third-order valence-corrected chi connectivity index (χ3v) is 15.8. The van der Waals surface area contributed by atoms with E-state index in [2.05, 4.69) is 43.5 Å². The third-order valence-electron chi connectivity index (χ3n) is 15.8. The van der Waals surface area contributed by atoms with Gasteiger partial charge in [-0.15, -0.1) is 0 Å². The Balaban J connectivity index is 3.38. The molecule has 0 aliphatic carbocycles. The summed E-state index contributed by atoms with van der Waals surface area (Å²) < 4.78 is 5.48. The van der Waals surface area contributed by atoms with Crippen molar-refractivity contribution in [3.63, 3.8) is 0 Å². The van der Waals surface area contributed by atoms with Gasteiger partial charge in [-0.05, 0) is 57.8 Å². The summed E-state index contributed by atoms with van der Waals surface area (Å²) >= 11 is 0. The minimum atomic E-state index is -0.665. The second-order valence-corrected chi connectivity index (χ2v) is 23.2. The fraction of sp³-hybridized carbons (Fsp3) is 0.912. The van der Waals surface area contributed by atoms with E-state index in [0.29, 0.717) is 25.9 Å². The van der Waals surface area contributed by atoms with Gasteiger partial charge in [-0.1, -0.05) is 327 Å². The van der Waals surface area contributed by atoms with E-state index in [4.69, 9.17) is 4.74 Å². The van der Waals surface area contributed by atoms with Crippen LogP contribution in [0.4, 0.5) is 0 Å². The fourth-order valence-corrected chi connectivity index (χ4v) is 10.6. The molecule has 1 amide bonds. The van der Waals surface area contributed by atoms with E-state index in [1.54, 1.807) is 0 Å². The van der Waals surface area contributed by atoms with Crippen molar-refractivity contribution in [3.05, 3.63) is 24.3 Å². The summed E-state index contributed by atoms with van der Waals surface area (Å²) in [6, 6.07) is -0.542. The van der Waals surface area contributed by atoms with Crippen molar-refractivity contribution in [3.8, 4) is 0 Å². The van der Waals surface area contributed by atoms with Crippen LogP contribution in [0.25, 0.3) is 0 Å². The molecule has 0 heterocycles. The number of hydrogen-bond donors (Lipinski definition) is 3. The second kappa shape index (κ2) is 63.9. The van der Waals surface area contributed by atoms with Crippen LogP contribution in [0.5, 0.6) is 0 Å². The minimum Gasteiger partial charge on any atom is -0.466 e. The van der Waals surface area contributed by atoms with Crippen LogP contribution in [0.2, 0.25) is 0 Å². The maximum atomic E-state index is 12.5. The molecule has 0 saturated carbocycles. The summed E-state index contributed by atoms with van der Waals surface area (Å²) in [4.78, 5) is 24.6. The van der Waals surface area contributed by atoms with E-state index in [1.165, 1.54) is 289 Å². The molecular weight excluding hydrogens is 911 g/mol. The number of hydrogen-bond acceptors (Lipinski definition) is 5. The van der Waals surface area contributed by atoms with Crippen molar-refractivity contribution in [2.75, 3.05) is 13.2 Å². The number of nitrogens with one attached hydrogen (secondary N) is 1. The Morgan fingerprint density at radius 2 is 0.676 bits per heavy atom. The van der Waals surface area contributed by atoms with E-state index < -0.39 is 12.1 Å². The van der Waals surface area contributed by atoms with E-state index >= 15 is 0 Å². The number of aliphatic hydroxyl groups excluding tert-OH is 2. The van der Waals surface area contributed by atoms with Gasteiger partial charge >= 0.3 is 5.97 Å². The molecule has 438 valence electrons. The average Bonchev–Trinajstić information content (AvgIpc) is 3.40.